The summed E-state index contributed by atoms with van der Waals surface area (Å²) >= 11 is 0. The molecule has 3 aliphatic rings. The number of benzene rings is 2. The molecule has 2 aliphatic carbocycles. The van der Waals surface area contributed by atoms with Crippen LogP contribution in [-0.4, -0.2) is 30.4 Å². The standard InChI is InChI=1S/C21H25NO2/c23-18(16-7-6-14-4-1-2-5-15(14)12-16)13-22-19-17-8-11-24-20(17)21(19)9-3-10-21/h1-2,4-7,12,17-20,22-23H,3,8-11,13H2. The van der Waals surface area contributed by atoms with Crippen LogP contribution in [0.2, 0.25) is 0 Å². The van der Waals surface area contributed by atoms with Crippen molar-refractivity contribution in [2.75, 3.05) is 13.2 Å². The largest absolute Gasteiger partial charge is 0.387 e. The van der Waals surface area contributed by atoms with Gasteiger partial charge >= 0.3 is 0 Å². The van der Waals surface area contributed by atoms with Crippen molar-refractivity contribution in [3.05, 3.63) is 48.0 Å². The quantitative estimate of drug-likeness (QED) is 0.906. The lowest BCUT2D eigenvalue weighted by atomic mass is 9.46. The summed E-state index contributed by atoms with van der Waals surface area (Å²) in [6.07, 6.45) is 5.12. The third-order valence-corrected chi connectivity index (χ3v) is 6.73. The minimum Gasteiger partial charge on any atom is -0.387 e. The third-order valence-electron chi connectivity index (χ3n) is 6.73. The Bertz CT molecular complexity index is 754. The maximum absolute atomic E-state index is 10.7. The summed E-state index contributed by atoms with van der Waals surface area (Å²) in [5.41, 5.74) is 1.38. The highest BCUT2D eigenvalue weighted by Crippen LogP contribution is 2.62. The molecule has 3 fully saturated rings. The highest BCUT2D eigenvalue weighted by Gasteiger charge is 2.66. The molecule has 0 radical (unpaired) electrons. The number of hydrogen-bond acceptors (Lipinski definition) is 3. The normalized spacial score (nSPS) is 31.5. The van der Waals surface area contributed by atoms with Gasteiger partial charge in [0.15, 0.2) is 0 Å². The Morgan fingerprint density at radius 3 is 2.79 bits per heavy atom. The van der Waals surface area contributed by atoms with Crippen molar-refractivity contribution in [3.8, 4) is 0 Å². The number of ether oxygens (including phenoxy) is 1. The SMILES string of the molecule is OC(CNC1C2CCOC2C12CCC2)c1ccc2ccccc2c1. The third kappa shape index (κ3) is 2.08. The van der Waals surface area contributed by atoms with Gasteiger partial charge in [-0.15, -0.1) is 0 Å². The zero-order valence-electron chi connectivity index (χ0n) is 13.9. The van der Waals surface area contributed by atoms with Crippen LogP contribution in [0.1, 0.15) is 37.4 Å². The predicted octanol–water partition coefficient (Wildman–Crippen LogP) is 3.42. The van der Waals surface area contributed by atoms with Gasteiger partial charge < -0.3 is 15.2 Å². The topological polar surface area (TPSA) is 41.5 Å². The van der Waals surface area contributed by atoms with E-state index in [9.17, 15) is 5.11 Å². The van der Waals surface area contributed by atoms with E-state index in [1.807, 2.05) is 6.07 Å². The van der Waals surface area contributed by atoms with E-state index in [0.717, 1.165) is 12.2 Å². The summed E-state index contributed by atoms with van der Waals surface area (Å²) in [7, 11) is 0. The first-order chi connectivity index (χ1) is 11.8. The van der Waals surface area contributed by atoms with Crippen molar-refractivity contribution in [2.24, 2.45) is 11.3 Å². The smallest absolute Gasteiger partial charge is 0.0914 e. The summed E-state index contributed by atoms with van der Waals surface area (Å²) in [5, 5.41) is 16.8. The number of fused-ring (bicyclic) bond motifs is 3. The summed E-state index contributed by atoms with van der Waals surface area (Å²) in [6, 6.07) is 15.1. The molecular weight excluding hydrogens is 298 g/mol. The lowest BCUT2D eigenvalue weighted by Gasteiger charge is -2.63. The summed E-state index contributed by atoms with van der Waals surface area (Å²) in [4.78, 5) is 0. The van der Waals surface area contributed by atoms with Crippen LogP contribution in [0.5, 0.6) is 0 Å². The van der Waals surface area contributed by atoms with Crippen molar-refractivity contribution in [1.29, 1.82) is 0 Å². The Balaban J connectivity index is 1.29. The van der Waals surface area contributed by atoms with Crippen LogP contribution in [0.25, 0.3) is 10.8 Å². The maximum Gasteiger partial charge on any atom is 0.0914 e. The molecule has 3 heteroatoms. The molecule has 3 nitrogen and oxygen atoms in total. The molecular formula is C21H25NO2. The molecule has 0 aromatic heterocycles. The van der Waals surface area contributed by atoms with Gasteiger partial charge in [-0.1, -0.05) is 42.8 Å². The van der Waals surface area contributed by atoms with E-state index in [4.69, 9.17) is 4.74 Å². The molecule has 0 amide bonds. The first kappa shape index (κ1) is 14.9. The number of aliphatic hydroxyl groups is 1. The molecule has 1 heterocycles. The Kier molecular flexibility index (Phi) is 3.44. The van der Waals surface area contributed by atoms with Crippen molar-refractivity contribution >= 4 is 10.8 Å². The number of rotatable bonds is 4. The van der Waals surface area contributed by atoms with E-state index in [-0.39, 0.29) is 0 Å². The summed E-state index contributed by atoms with van der Waals surface area (Å²) in [5.74, 6) is 0.661. The molecule has 1 aliphatic heterocycles. The van der Waals surface area contributed by atoms with E-state index in [2.05, 4.69) is 41.7 Å². The average Bonchev–Trinajstić information content (AvgIpc) is 2.98. The van der Waals surface area contributed by atoms with Gasteiger partial charge in [0.05, 0.1) is 12.2 Å². The van der Waals surface area contributed by atoms with Gasteiger partial charge in [0.1, 0.15) is 0 Å². The predicted molar refractivity (Wildman–Crippen MR) is 94.8 cm³/mol. The van der Waals surface area contributed by atoms with Crippen LogP contribution < -0.4 is 5.32 Å². The fraction of sp³-hybridized carbons (Fsp3) is 0.524. The molecule has 24 heavy (non-hydrogen) atoms. The fourth-order valence-electron chi connectivity index (χ4n) is 5.33. The van der Waals surface area contributed by atoms with Crippen LogP contribution in [-0.2, 0) is 4.74 Å². The van der Waals surface area contributed by atoms with Gasteiger partial charge in [-0.3, -0.25) is 0 Å². The first-order valence-corrected chi connectivity index (χ1v) is 9.30. The van der Waals surface area contributed by atoms with Gasteiger partial charge in [-0.25, -0.2) is 0 Å². The Hall–Kier alpha value is -1.42. The highest BCUT2D eigenvalue weighted by atomic mass is 16.5. The van der Waals surface area contributed by atoms with E-state index >= 15 is 0 Å². The van der Waals surface area contributed by atoms with Crippen LogP contribution in [0.3, 0.4) is 0 Å². The molecule has 2 aromatic carbocycles. The second-order valence-electron chi connectivity index (χ2n) is 7.84. The fourth-order valence-corrected chi connectivity index (χ4v) is 5.33. The van der Waals surface area contributed by atoms with Crippen molar-refractivity contribution in [2.45, 2.75) is 43.9 Å². The van der Waals surface area contributed by atoms with Gasteiger partial charge in [0.25, 0.3) is 0 Å². The molecule has 0 bridgehead atoms. The van der Waals surface area contributed by atoms with Crippen LogP contribution in [0.15, 0.2) is 42.5 Å². The second-order valence-corrected chi connectivity index (χ2v) is 7.84. The minimum absolute atomic E-state index is 0.379. The summed E-state index contributed by atoms with van der Waals surface area (Å²) in [6.45, 7) is 1.55. The molecule has 4 atom stereocenters. The molecule has 1 spiro atoms. The zero-order chi connectivity index (χ0) is 16.1. The lowest BCUT2D eigenvalue weighted by Crippen LogP contribution is -2.71. The average molecular weight is 323 g/mol. The van der Waals surface area contributed by atoms with E-state index in [0.29, 0.717) is 30.0 Å². The van der Waals surface area contributed by atoms with E-state index in [1.165, 1.54) is 36.5 Å². The molecule has 2 saturated carbocycles. The minimum atomic E-state index is -0.451. The molecule has 1 saturated heterocycles. The maximum atomic E-state index is 10.7. The lowest BCUT2D eigenvalue weighted by molar-refractivity contribution is -0.177. The van der Waals surface area contributed by atoms with Crippen molar-refractivity contribution in [1.82, 2.24) is 5.32 Å². The highest BCUT2D eigenvalue weighted by molar-refractivity contribution is 5.83. The van der Waals surface area contributed by atoms with Crippen LogP contribution in [0, 0.1) is 11.3 Å². The monoisotopic (exact) mass is 323 g/mol. The molecule has 2 aromatic rings. The van der Waals surface area contributed by atoms with E-state index in [1.54, 1.807) is 0 Å². The molecule has 4 unspecified atom stereocenters. The van der Waals surface area contributed by atoms with E-state index < -0.39 is 6.10 Å². The van der Waals surface area contributed by atoms with Crippen molar-refractivity contribution < 1.29 is 9.84 Å². The Morgan fingerprint density at radius 2 is 2.00 bits per heavy atom. The van der Waals surface area contributed by atoms with Gasteiger partial charge in [-0.2, -0.15) is 0 Å². The Morgan fingerprint density at radius 1 is 1.17 bits per heavy atom. The van der Waals surface area contributed by atoms with Gasteiger partial charge in [-0.05, 0) is 41.7 Å². The second kappa shape index (κ2) is 5.55. The summed E-state index contributed by atoms with van der Waals surface area (Å²) < 4.78 is 5.98. The van der Waals surface area contributed by atoms with Gasteiger partial charge in [0.2, 0.25) is 0 Å². The van der Waals surface area contributed by atoms with Crippen LogP contribution >= 0.6 is 0 Å². The number of nitrogens with one attached hydrogen (secondary N) is 1. The molecule has 5 rings (SSSR count). The van der Waals surface area contributed by atoms with Gasteiger partial charge in [0, 0.05) is 30.5 Å². The Labute approximate surface area is 143 Å². The number of hydrogen-bond donors (Lipinski definition) is 2. The number of aliphatic hydroxyl groups excluding tert-OH is 1. The zero-order valence-corrected chi connectivity index (χ0v) is 13.9. The molecule has 126 valence electrons. The molecule has 2 N–H and O–H groups in total. The first-order valence-electron chi connectivity index (χ1n) is 9.30. The van der Waals surface area contributed by atoms with Crippen LogP contribution in [0.4, 0.5) is 0 Å². The van der Waals surface area contributed by atoms with Crippen molar-refractivity contribution in [3.63, 3.8) is 0 Å².